The van der Waals surface area contributed by atoms with Crippen LogP contribution in [-0.4, -0.2) is 29.5 Å². The number of benzene rings is 1. The summed E-state index contributed by atoms with van der Waals surface area (Å²) in [5.74, 6) is 0.263. The van der Waals surface area contributed by atoms with Crippen molar-refractivity contribution < 1.29 is 14.3 Å². The van der Waals surface area contributed by atoms with Gasteiger partial charge in [-0.2, -0.15) is 0 Å². The maximum atomic E-state index is 12.9. The summed E-state index contributed by atoms with van der Waals surface area (Å²) in [5.41, 5.74) is 1.88. The molecular weight excluding hydrogens is 396 g/mol. The van der Waals surface area contributed by atoms with Gasteiger partial charge in [0, 0.05) is 11.4 Å². The van der Waals surface area contributed by atoms with Crippen LogP contribution in [0.15, 0.2) is 47.8 Å². The van der Waals surface area contributed by atoms with Crippen molar-refractivity contribution in [2.24, 2.45) is 11.8 Å². The van der Waals surface area contributed by atoms with Gasteiger partial charge in [0.15, 0.2) is 6.61 Å². The highest BCUT2D eigenvalue weighted by atomic mass is 32.1. The van der Waals surface area contributed by atoms with Crippen LogP contribution in [0.2, 0.25) is 0 Å². The van der Waals surface area contributed by atoms with E-state index in [-0.39, 0.29) is 18.6 Å². The number of ether oxygens (including phenoxy) is 1. The fraction of sp³-hybridized carbons (Fsp3) is 0.375. The van der Waals surface area contributed by atoms with E-state index in [0.29, 0.717) is 17.4 Å². The molecule has 1 aromatic carbocycles. The molecule has 0 aliphatic heterocycles. The van der Waals surface area contributed by atoms with Crippen molar-refractivity contribution in [3.8, 4) is 10.6 Å². The second-order valence-corrected chi connectivity index (χ2v) is 9.01. The van der Waals surface area contributed by atoms with Gasteiger partial charge in [0.25, 0.3) is 5.91 Å². The minimum Gasteiger partial charge on any atom is -0.452 e. The van der Waals surface area contributed by atoms with E-state index >= 15 is 0 Å². The highest BCUT2D eigenvalue weighted by Gasteiger charge is 2.28. The second-order valence-electron chi connectivity index (χ2n) is 8.07. The van der Waals surface area contributed by atoms with Gasteiger partial charge >= 0.3 is 5.97 Å². The molecule has 2 heterocycles. The maximum absolute atomic E-state index is 12.9. The molecule has 1 N–H and O–H groups in total. The number of hydrogen-bond donors (Lipinski definition) is 1. The quantitative estimate of drug-likeness (QED) is 0.584. The van der Waals surface area contributed by atoms with Gasteiger partial charge in [-0.3, -0.25) is 4.79 Å². The van der Waals surface area contributed by atoms with Crippen molar-refractivity contribution in [2.45, 2.75) is 39.2 Å². The number of amides is 1. The van der Waals surface area contributed by atoms with Crippen molar-refractivity contribution in [1.29, 1.82) is 0 Å². The Morgan fingerprint density at radius 1 is 1.17 bits per heavy atom. The van der Waals surface area contributed by atoms with E-state index in [0.717, 1.165) is 34.3 Å². The molecule has 1 aliphatic rings. The molecule has 0 unspecified atom stereocenters. The Kier molecular flexibility index (Phi) is 6.13. The van der Waals surface area contributed by atoms with Crippen LogP contribution in [0.25, 0.3) is 21.5 Å². The Morgan fingerprint density at radius 3 is 2.80 bits per heavy atom. The number of hydrogen-bond acceptors (Lipinski definition) is 5. The standard InChI is InChI=1S/C24H26N2O3S/c1-15-7-5-10-19(16(15)2)26-23(27)14-29-24(28)18-13-21(22-11-6-12-30-22)25-20-9-4-3-8-17(18)20/h3-4,6,8-9,11-13,15-16,19H,5,7,10,14H2,1-2H3,(H,26,27)/t15-,16-,19+/m1/s1. The third-order valence-corrected chi connectivity index (χ3v) is 6.99. The normalized spacial score (nSPS) is 21.3. The molecule has 0 saturated heterocycles. The van der Waals surface area contributed by atoms with Crippen molar-refractivity contribution in [3.63, 3.8) is 0 Å². The van der Waals surface area contributed by atoms with Crippen LogP contribution in [0.4, 0.5) is 0 Å². The number of nitrogens with zero attached hydrogens (tertiary/aromatic N) is 1. The Balaban J connectivity index is 1.48. The average molecular weight is 423 g/mol. The van der Waals surface area contributed by atoms with Crippen molar-refractivity contribution in [2.75, 3.05) is 6.61 Å². The molecule has 6 heteroatoms. The molecule has 1 amide bonds. The first kappa shape index (κ1) is 20.5. The third kappa shape index (κ3) is 4.38. The first-order valence-corrected chi connectivity index (χ1v) is 11.3. The number of esters is 1. The molecule has 156 valence electrons. The summed E-state index contributed by atoms with van der Waals surface area (Å²) in [7, 11) is 0. The number of carbonyl (C=O) groups is 2. The smallest absolute Gasteiger partial charge is 0.339 e. The van der Waals surface area contributed by atoms with E-state index in [1.54, 1.807) is 17.4 Å². The molecule has 3 atom stereocenters. The van der Waals surface area contributed by atoms with Gasteiger partial charge in [-0.15, -0.1) is 11.3 Å². The third-order valence-electron chi connectivity index (χ3n) is 6.10. The summed E-state index contributed by atoms with van der Waals surface area (Å²) in [5, 5.41) is 5.74. The minimum absolute atomic E-state index is 0.145. The summed E-state index contributed by atoms with van der Waals surface area (Å²) in [4.78, 5) is 30.9. The average Bonchev–Trinajstić information content (AvgIpc) is 3.29. The summed E-state index contributed by atoms with van der Waals surface area (Å²) in [6.45, 7) is 4.13. The van der Waals surface area contributed by atoms with E-state index < -0.39 is 5.97 Å². The van der Waals surface area contributed by atoms with Crippen molar-refractivity contribution in [3.05, 3.63) is 53.4 Å². The maximum Gasteiger partial charge on any atom is 0.339 e. The first-order chi connectivity index (χ1) is 14.5. The van der Waals surface area contributed by atoms with Crippen LogP contribution < -0.4 is 5.32 Å². The molecule has 1 fully saturated rings. The Labute approximate surface area is 180 Å². The van der Waals surface area contributed by atoms with Gasteiger partial charge in [0.05, 0.1) is 21.7 Å². The van der Waals surface area contributed by atoms with E-state index in [2.05, 4.69) is 24.1 Å². The zero-order valence-corrected chi connectivity index (χ0v) is 18.1. The number of aromatic nitrogens is 1. The molecule has 0 spiro atoms. The van der Waals surface area contributed by atoms with Gasteiger partial charge in [-0.1, -0.05) is 51.0 Å². The number of rotatable bonds is 5. The zero-order chi connectivity index (χ0) is 21.1. The number of thiophene rings is 1. The van der Waals surface area contributed by atoms with Gasteiger partial charge < -0.3 is 10.1 Å². The summed E-state index contributed by atoms with van der Waals surface area (Å²) in [6, 6.07) is 13.3. The van der Waals surface area contributed by atoms with Gasteiger partial charge in [-0.25, -0.2) is 9.78 Å². The highest BCUT2D eigenvalue weighted by molar-refractivity contribution is 7.13. The van der Waals surface area contributed by atoms with Crippen LogP contribution in [0, 0.1) is 11.8 Å². The molecule has 1 saturated carbocycles. The topological polar surface area (TPSA) is 68.3 Å². The molecule has 5 nitrogen and oxygen atoms in total. The largest absolute Gasteiger partial charge is 0.452 e. The van der Waals surface area contributed by atoms with Crippen molar-refractivity contribution >= 4 is 34.1 Å². The van der Waals surface area contributed by atoms with E-state index in [1.807, 2.05) is 41.8 Å². The van der Waals surface area contributed by atoms with Gasteiger partial charge in [-0.05, 0) is 41.8 Å². The van der Waals surface area contributed by atoms with Crippen LogP contribution in [-0.2, 0) is 9.53 Å². The zero-order valence-electron chi connectivity index (χ0n) is 17.3. The molecular formula is C24H26N2O3S. The Bertz CT molecular complexity index is 1050. The van der Waals surface area contributed by atoms with E-state index in [1.165, 1.54) is 6.42 Å². The molecule has 30 heavy (non-hydrogen) atoms. The number of para-hydroxylation sites is 1. The Morgan fingerprint density at radius 2 is 2.00 bits per heavy atom. The lowest BCUT2D eigenvalue weighted by atomic mass is 9.78. The highest BCUT2D eigenvalue weighted by Crippen LogP contribution is 2.30. The lowest BCUT2D eigenvalue weighted by molar-refractivity contribution is -0.125. The second kappa shape index (κ2) is 8.96. The van der Waals surface area contributed by atoms with Crippen LogP contribution in [0.3, 0.4) is 0 Å². The van der Waals surface area contributed by atoms with Gasteiger partial charge in [0.1, 0.15) is 0 Å². The van der Waals surface area contributed by atoms with E-state index in [4.69, 9.17) is 4.74 Å². The van der Waals surface area contributed by atoms with Crippen LogP contribution in [0.1, 0.15) is 43.5 Å². The summed E-state index contributed by atoms with van der Waals surface area (Å²) >= 11 is 1.56. The minimum atomic E-state index is -0.508. The Hall–Kier alpha value is -2.73. The number of pyridine rings is 1. The molecule has 0 radical (unpaired) electrons. The number of carbonyl (C=O) groups excluding carboxylic acids is 2. The predicted molar refractivity (Wildman–Crippen MR) is 119 cm³/mol. The fourth-order valence-electron chi connectivity index (χ4n) is 4.14. The molecule has 2 aromatic heterocycles. The molecule has 3 aromatic rings. The fourth-order valence-corrected chi connectivity index (χ4v) is 4.82. The molecule has 4 rings (SSSR count). The number of fused-ring (bicyclic) bond motifs is 1. The van der Waals surface area contributed by atoms with Gasteiger partial charge in [0.2, 0.25) is 0 Å². The SMILES string of the molecule is C[C@@H]1[C@H](C)CCC[C@@H]1NC(=O)COC(=O)c1cc(-c2cccs2)nc2ccccc12. The van der Waals surface area contributed by atoms with E-state index in [9.17, 15) is 9.59 Å². The lowest BCUT2D eigenvalue weighted by Crippen LogP contribution is -2.45. The molecule has 1 aliphatic carbocycles. The monoisotopic (exact) mass is 422 g/mol. The first-order valence-electron chi connectivity index (χ1n) is 10.4. The van der Waals surface area contributed by atoms with Crippen molar-refractivity contribution in [1.82, 2.24) is 10.3 Å². The summed E-state index contributed by atoms with van der Waals surface area (Å²) < 4.78 is 5.40. The summed E-state index contributed by atoms with van der Waals surface area (Å²) in [6.07, 6.45) is 3.29. The lowest BCUT2D eigenvalue weighted by Gasteiger charge is -2.34. The molecule has 0 bridgehead atoms. The van der Waals surface area contributed by atoms with Crippen LogP contribution >= 0.6 is 11.3 Å². The number of nitrogens with one attached hydrogen (secondary N) is 1. The predicted octanol–water partition coefficient (Wildman–Crippen LogP) is 5.06. The van der Waals surface area contributed by atoms with Crippen LogP contribution in [0.5, 0.6) is 0 Å².